The molecular formula is C44H38Cl2N4O8S2. The molecule has 12 nitrogen and oxygen atoms in total. The van der Waals surface area contributed by atoms with Crippen molar-refractivity contribution in [3.8, 4) is 28.4 Å². The Bertz CT molecular complexity index is 2680. The van der Waals surface area contributed by atoms with E-state index in [2.05, 4.69) is 10.3 Å². The third-order valence-electron chi connectivity index (χ3n) is 10.4. The highest BCUT2D eigenvalue weighted by atomic mass is 35.5. The average molecular weight is 886 g/mol. The SMILES string of the molecule is Cc1nc(N)sc1S(=O)(=O)N1Cc2cc3c(cc2C[C@H]1C(=O)NC(Cc1ccc(-c2ccccc2)cc1)C(=O)O)OC[C@H](c1ccc(OCc2ccc(Cl)c(Cl)c2)cc1)O3. The standard InChI is InChI=1S/C44H38Cl2N4O8S2/c1-25-43(59-44(47)48-25)60(54,55)50-22-32-21-39-38(57-24-40(58-39)30-12-14-33(15-13-30)56-23-27-9-16-34(45)35(46)17-27)20-31(32)19-37(50)41(51)49-36(42(52)53)18-26-7-10-29(11-8-26)28-5-3-2-4-6-28/h2-17,20-21,36-37,40H,18-19,22-24H2,1H3,(H2,47,48)(H,49,51)(H,52,53)/t36?,37-,40+/m0/s1. The number of carboxylic acids is 1. The number of aromatic nitrogens is 1. The molecule has 2 aliphatic rings. The molecule has 0 radical (unpaired) electrons. The lowest BCUT2D eigenvalue weighted by Crippen LogP contribution is -2.55. The molecule has 3 atom stereocenters. The van der Waals surface area contributed by atoms with Crippen LogP contribution in [0.2, 0.25) is 10.0 Å². The number of nitrogens with two attached hydrogens (primary N) is 1. The Morgan fingerprint density at radius 3 is 2.32 bits per heavy atom. The first-order valence-corrected chi connectivity index (χ1v) is 21.9. The molecule has 1 unspecified atom stereocenters. The van der Waals surface area contributed by atoms with E-state index in [1.54, 1.807) is 24.3 Å². The number of ether oxygens (including phenoxy) is 3. The molecule has 0 fully saturated rings. The summed E-state index contributed by atoms with van der Waals surface area (Å²) in [5, 5.41) is 13.9. The number of carbonyl (C=O) groups is 2. The zero-order chi connectivity index (χ0) is 42.1. The fourth-order valence-corrected chi connectivity index (χ4v) is 10.6. The number of sulfonamides is 1. The van der Waals surface area contributed by atoms with E-state index in [0.29, 0.717) is 50.6 Å². The molecule has 1 amide bonds. The summed E-state index contributed by atoms with van der Waals surface area (Å²) in [7, 11) is -4.36. The van der Waals surface area contributed by atoms with Gasteiger partial charge in [0.1, 0.15) is 31.0 Å². The number of nitrogens with one attached hydrogen (secondary N) is 1. The zero-order valence-corrected chi connectivity index (χ0v) is 35.2. The second kappa shape index (κ2) is 17.1. The Morgan fingerprint density at radius 2 is 1.63 bits per heavy atom. The summed E-state index contributed by atoms with van der Waals surface area (Å²) in [5.74, 6) is -0.525. The molecule has 16 heteroatoms. The highest BCUT2D eigenvalue weighted by Crippen LogP contribution is 2.42. The van der Waals surface area contributed by atoms with Crippen molar-refractivity contribution in [3.05, 3.63) is 153 Å². The van der Waals surface area contributed by atoms with Gasteiger partial charge in [-0.05, 0) is 88.7 Å². The Balaban J connectivity index is 1.01. The molecule has 4 N–H and O–H groups in total. The quantitative estimate of drug-likeness (QED) is 0.109. The van der Waals surface area contributed by atoms with Crippen LogP contribution < -0.4 is 25.3 Å². The van der Waals surface area contributed by atoms with E-state index >= 15 is 0 Å². The molecule has 5 aromatic carbocycles. The number of carbonyl (C=O) groups excluding carboxylic acids is 1. The van der Waals surface area contributed by atoms with Gasteiger partial charge in [0, 0.05) is 13.0 Å². The van der Waals surface area contributed by atoms with Crippen LogP contribution in [0.1, 0.15) is 39.6 Å². The number of thiazole rings is 1. The fourth-order valence-electron chi connectivity index (χ4n) is 7.26. The molecule has 3 heterocycles. The monoisotopic (exact) mass is 884 g/mol. The number of benzene rings is 5. The maximum atomic E-state index is 14.4. The van der Waals surface area contributed by atoms with Crippen LogP contribution in [0.4, 0.5) is 5.13 Å². The molecule has 1 aromatic heterocycles. The minimum absolute atomic E-state index is 0.0228. The average Bonchev–Trinajstić information content (AvgIpc) is 3.61. The maximum absolute atomic E-state index is 14.4. The normalized spacial score (nSPS) is 16.7. The number of hydrogen-bond acceptors (Lipinski definition) is 10. The molecule has 0 aliphatic carbocycles. The van der Waals surface area contributed by atoms with Gasteiger partial charge in [-0.1, -0.05) is 107 Å². The summed E-state index contributed by atoms with van der Waals surface area (Å²) in [6, 6.07) is 30.7. The van der Waals surface area contributed by atoms with E-state index in [1.807, 2.05) is 84.9 Å². The lowest BCUT2D eigenvalue weighted by atomic mass is 9.94. The highest BCUT2D eigenvalue weighted by molar-refractivity contribution is 7.91. The van der Waals surface area contributed by atoms with Gasteiger partial charge >= 0.3 is 5.97 Å². The van der Waals surface area contributed by atoms with Crippen LogP contribution >= 0.6 is 34.5 Å². The Morgan fingerprint density at radius 1 is 0.933 bits per heavy atom. The second-order valence-electron chi connectivity index (χ2n) is 14.5. The number of carboxylic acid groups (broad SMARTS) is 1. The van der Waals surface area contributed by atoms with E-state index in [1.165, 1.54) is 6.92 Å². The van der Waals surface area contributed by atoms with E-state index in [9.17, 15) is 23.1 Å². The molecular weight excluding hydrogens is 848 g/mol. The van der Waals surface area contributed by atoms with Crippen LogP contribution in [0.25, 0.3) is 11.1 Å². The predicted molar refractivity (Wildman–Crippen MR) is 229 cm³/mol. The van der Waals surface area contributed by atoms with Crippen molar-refractivity contribution in [2.24, 2.45) is 0 Å². The van der Waals surface area contributed by atoms with Gasteiger partial charge in [-0.3, -0.25) is 4.79 Å². The van der Waals surface area contributed by atoms with Crippen LogP contribution in [0.5, 0.6) is 17.2 Å². The van der Waals surface area contributed by atoms with Gasteiger partial charge in [0.25, 0.3) is 10.0 Å². The van der Waals surface area contributed by atoms with Gasteiger partial charge in [-0.25, -0.2) is 18.2 Å². The van der Waals surface area contributed by atoms with Crippen molar-refractivity contribution >= 4 is 61.6 Å². The summed E-state index contributed by atoms with van der Waals surface area (Å²) >= 11 is 13.0. The molecule has 308 valence electrons. The minimum Gasteiger partial charge on any atom is -0.489 e. The number of nitrogen functional groups attached to an aromatic ring is 1. The highest BCUT2D eigenvalue weighted by Gasteiger charge is 2.43. The van der Waals surface area contributed by atoms with Gasteiger partial charge in [-0.15, -0.1) is 0 Å². The van der Waals surface area contributed by atoms with Crippen molar-refractivity contribution in [3.63, 3.8) is 0 Å². The number of aliphatic carboxylic acids is 1. The van der Waals surface area contributed by atoms with E-state index in [-0.39, 0.29) is 41.0 Å². The largest absolute Gasteiger partial charge is 0.489 e. The van der Waals surface area contributed by atoms with Crippen molar-refractivity contribution in [2.45, 2.75) is 55.3 Å². The van der Waals surface area contributed by atoms with Crippen molar-refractivity contribution in [1.82, 2.24) is 14.6 Å². The summed E-state index contributed by atoms with van der Waals surface area (Å²) in [4.78, 5) is 30.9. The number of anilines is 1. The predicted octanol–water partition coefficient (Wildman–Crippen LogP) is 8.03. The zero-order valence-electron chi connectivity index (χ0n) is 32.0. The van der Waals surface area contributed by atoms with Crippen LogP contribution in [-0.2, 0) is 45.6 Å². The first-order chi connectivity index (χ1) is 28.8. The van der Waals surface area contributed by atoms with Gasteiger partial charge in [0.05, 0.1) is 15.7 Å². The van der Waals surface area contributed by atoms with E-state index in [4.69, 9.17) is 43.1 Å². The lowest BCUT2D eigenvalue weighted by Gasteiger charge is -2.36. The Labute approximate surface area is 360 Å². The Hall–Kier alpha value is -5.64. The number of halogens is 2. The molecule has 2 aliphatic heterocycles. The Kier molecular flexibility index (Phi) is 11.7. The van der Waals surface area contributed by atoms with Crippen LogP contribution in [0.3, 0.4) is 0 Å². The molecule has 0 bridgehead atoms. The molecule has 0 spiro atoms. The van der Waals surface area contributed by atoms with Crippen molar-refractivity contribution in [1.29, 1.82) is 0 Å². The molecule has 0 saturated heterocycles. The fraction of sp³-hybridized carbons (Fsp3) is 0.205. The minimum atomic E-state index is -4.36. The van der Waals surface area contributed by atoms with Crippen LogP contribution in [-0.4, -0.2) is 53.4 Å². The number of aryl methyl sites for hydroxylation is 1. The third kappa shape index (κ3) is 8.79. The topological polar surface area (TPSA) is 170 Å². The number of amides is 1. The van der Waals surface area contributed by atoms with Crippen LogP contribution in [0.15, 0.2) is 113 Å². The van der Waals surface area contributed by atoms with E-state index in [0.717, 1.165) is 37.9 Å². The first-order valence-electron chi connectivity index (χ1n) is 18.9. The molecule has 0 saturated carbocycles. The van der Waals surface area contributed by atoms with Crippen LogP contribution in [0, 0.1) is 6.92 Å². The summed E-state index contributed by atoms with van der Waals surface area (Å²) in [6.07, 6.45) is -0.562. The van der Waals surface area contributed by atoms with Gasteiger partial charge in [0.2, 0.25) is 5.91 Å². The maximum Gasteiger partial charge on any atom is 0.326 e. The third-order valence-corrected chi connectivity index (χ3v) is 14.6. The summed E-state index contributed by atoms with van der Waals surface area (Å²) in [6.45, 7) is 1.82. The number of rotatable bonds is 12. The van der Waals surface area contributed by atoms with Gasteiger partial charge in [-0.2, -0.15) is 4.31 Å². The summed E-state index contributed by atoms with van der Waals surface area (Å²) in [5.41, 5.74) is 11.7. The van der Waals surface area contributed by atoms with Gasteiger partial charge < -0.3 is 30.4 Å². The molecule has 60 heavy (non-hydrogen) atoms. The smallest absolute Gasteiger partial charge is 0.326 e. The lowest BCUT2D eigenvalue weighted by molar-refractivity contribution is -0.142. The molecule has 6 aromatic rings. The molecule has 8 rings (SSSR count). The number of nitrogens with zero attached hydrogens (tertiary/aromatic N) is 2. The number of hydrogen-bond donors (Lipinski definition) is 3. The van der Waals surface area contributed by atoms with Gasteiger partial charge in [0.15, 0.2) is 26.9 Å². The number of fused-ring (bicyclic) bond motifs is 2. The second-order valence-corrected chi connectivity index (χ2v) is 18.4. The van der Waals surface area contributed by atoms with Crippen molar-refractivity contribution < 1.29 is 37.3 Å². The first kappa shape index (κ1) is 41.1. The summed E-state index contributed by atoms with van der Waals surface area (Å²) < 4.78 is 48.3. The van der Waals surface area contributed by atoms with Crippen molar-refractivity contribution in [2.75, 3.05) is 12.3 Å². The van der Waals surface area contributed by atoms with E-state index < -0.39 is 40.1 Å².